The predicted molar refractivity (Wildman–Crippen MR) is 166 cm³/mol. The van der Waals surface area contributed by atoms with Crippen molar-refractivity contribution in [2.75, 3.05) is 0 Å². The van der Waals surface area contributed by atoms with E-state index in [2.05, 4.69) is 26.0 Å². The summed E-state index contributed by atoms with van der Waals surface area (Å²) in [5.74, 6) is 0.434. The van der Waals surface area contributed by atoms with Gasteiger partial charge in [-0.1, -0.05) is 69.5 Å². The molecule has 2 aromatic heterocycles. The molecule has 0 aliphatic carbocycles. The Morgan fingerprint density at radius 1 is 1.10 bits per heavy atom. The number of para-hydroxylation sites is 1. The van der Waals surface area contributed by atoms with Crippen LogP contribution in [-0.2, 0) is 6.61 Å². The van der Waals surface area contributed by atoms with Crippen LogP contribution >= 0.6 is 27.5 Å². The Morgan fingerprint density at radius 3 is 2.74 bits per heavy atom. The lowest BCUT2D eigenvalue weighted by molar-refractivity contribution is -0.385. The molecule has 6 aromatic rings. The van der Waals surface area contributed by atoms with Crippen LogP contribution in [0.25, 0.3) is 33.5 Å². The van der Waals surface area contributed by atoms with Gasteiger partial charge in [0.1, 0.15) is 12.2 Å². The summed E-state index contributed by atoms with van der Waals surface area (Å²) < 4.78 is 14.0. The fraction of sp³-hybridized carbons (Fsp3) is 0.0645. The molecule has 0 saturated heterocycles. The van der Waals surface area contributed by atoms with Crippen molar-refractivity contribution < 1.29 is 14.1 Å². The Kier molecular flexibility index (Phi) is 7.32. The molecule has 0 radical (unpaired) electrons. The topological polar surface area (TPSA) is 113 Å². The molecule has 208 valence electrons. The van der Waals surface area contributed by atoms with Crippen molar-refractivity contribution in [3.63, 3.8) is 0 Å². The van der Waals surface area contributed by atoms with Gasteiger partial charge >= 0.3 is 5.69 Å². The van der Waals surface area contributed by atoms with Crippen LogP contribution in [0.2, 0.25) is 5.02 Å². The van der Waals surface area contributed by atoms with Gasteiger partial charge in [-0.2, -0.15) is 9.78 Å². The van der Waals surface area contributed by atoms with Gasteiger partial charge < -0.3 is 9.15 Å². The van der Waals surface area contributed by atoms with Crippen LogP contribution in [0.15, 0.2) is 104 Å². The highest BCUT2D eigenvalue weighted by atomic mass is 79.9. The fourth-order valence-electron chi connectivity index (χ4n) is 4.58. The molecule has 0 N–H and O–H groups in total. The van der Waals surface area contributed by atoms with Crippen molar-refractivity contribution in [2.45, 2.75) is 13.5 Å². The predicted octanol–water partition coefficient (Wildman–Crippen LogP) is 7.90. The first-order chi connectivity index (χ1) is 20.3. The number of nitro groups is 1. The van der Waals surface area contributed by atoms with Crippen LogP contribution in [0.5, 0.6) is 5.75 Å². The van der Waals surface area contributed by atoms with E-state index in [1.54, 1.807) is 36.4 Å². The average molecular weight is 644 g/mol. The van der Waals surface area contributed by atoms with Gasteiger partial charge in [0.05, 0.1) is 22.0 Å². The minimum Gasteiger partial charge on any atom is -0.481 e. The van der Waals surface area contributed by atoms with E-state index in [0.717, 1.165) is 25.7 Å². The maximum atomic E-state index is 13.7. The van der Waals surface area contributed by atoms with Crippen molar-refractivity contribution in [1.82, 2.24) is 9.66 Å². The molecule has 11 heteroatoms. The number of aromatic nitrogens is 2. The molecular formula is C31H20BrClN4O5. The molecule has 0 amide bonds. The lowest BCUT2D eigenvalue weighted by Crippen LogP contribution is -2.20. The van der Waals surface area contributed by atoms with Crippen molar-refractivity contribution in [3.8, 4) is 17.3 Å². The lowest BCUT2D eigenvalue weighted by Gasteiger charge is -2.11. The third kappa shape index (κ3) is 5.41. The van der Waals surface area contributed by atoms with Gasteiger partial charge in [-0.3, -0.25) is 14.9 Å². The van der Waals surface area contributed by atoms with Crippen LogP contribution in [0, 0.1) is 17.0 Å². The molecule has 6 rings (SSSR count). The number of hydrogen-bond donors (Lipinski definition) is 0. The van der Waals surface area contributed by atoms with E-state index in [0.29, 0.717) is 22.2 Å². The molecule has 0 spiro atoms. The molecule has 0 aliphatic rings. The van der Waals surface area contributed by atoms with Crippen LogP contribution in [0.4, 0.5) is 5.69 Å². The van der Waals surface area contributed by atoms with Crippen molar-refractivity contribution in [2.24, 2.45) is 5.10 Å². The highest BCUT2D eigenvalue weighted by molar-refractivity contribution is 9.10. The van der Waals surface area contributed by atoms with E-state index in [9.17, 15) is 14.9 Å². The minimum atomic E-state index is -0.573. The lowest BCUT2D eigenvalue weighted by atomic mass is 10.1. The van der Waals surface area contributed by atoms with Crippen LogP contribution in [0.1, 0.15) is 16.7 Å². The van der Waals surface area contributed by atoms with Gasteiger partial charge in [-0.25, -0.2) is 4.98 Å². The number of fused-ring (bicyclic) bond motifs is 2. The Labute approximate surface area is 251 Å². The SMILES string of the molecule is Cc1cccc(COc2c(C=Nn3c(-c4cc5cc(Br)ccc5o4)nc4ccccc4c3=O)cc(Cl)cc2[N+](=O)[O-])c1. The first-order valence-corrected chi connectivity index (χ1v) is 13.9. The average Bonchev–Trinajstić information content (AvgIpc) is 3.39. The zero-order chi connectivity index (χ0) is 29.4. The minimum absolute atomic E-state index is 0.0356. The summed E-state index contributed by atoms with van der Waals surface area (Å²) >= 11 is 9.72. The first kappa shape index (κ1) is 27.4. The summed E-state index contributed by atoms with van der Waals surface area (Å²) in [6.07, 6.45) is 1.30. The Hall–Kier alpha value is -4.80. The molecule has 2 heterocycles. The third-order valence-corrected chi connectivity index (χ3v) is 7.20. The molecule has 0 fully saturated rings. The summed E-state index contributed by atoms with van der Waals surface area (Å²) in [4.78, 5) is 29.7. The standard InChI is InChI=1S/C31H20BrClN4O5/c1-18-5-4-6-19(11-18)17-41-29-21(13-23(33)15-26(29)37(39)40)16-34-36-30(35-25-8-3-2-7-24(25)31(36)38)28-14-20-12-22(32)9-10-27(20)42-28/h2-16H,17H2,1H3. The normalized spacial score (nSPS) is 11.5. The quantitative estimate of drug-likeness (QED) is 0.0993. The second-order valence-electron chi connectivity index (χ2n) is 9.48. The van der Waals surface area contributed by atoms with E-state index in [4.69, 9.17) is 20.8 Å². The first-order valence-electron chi connectivity index (χ1n) is 12.7. The highest BCUT2D eigenvalue weighted by Gasteiger charge is 2.22. The number of rotatable bonds is 7. The second-order valence-corrected chi connectivity index (χ2v) is 10.8. The van der Waals surface area contributed by atoms with Crippen LogP contribution < -0.4 is 10.3 Å². The number of hydrogen-bond acceptors (Lipinski definition) is 7. The van der Waals surface area contributed by atoms with E-state index < -0.39 is 10.5 Å². The molecule has 9 nitrogen and oxygen atoms in total. The molecule has 0 atom stereocenters. The zero-order valence-corrected chi connectivity index (χ0v) is 24.3. The van der Waals surface area contributed by atoms with Gasteiger partial charge in [-0.15, -0.1) is 0 Å². The monoisotopic (exact) mass is 642 g/mol. The fourth-order valence-corrected chi connectivity index (χ4v) is 5.18. The van der Waals surface area contributed by atoms with E-state index >= 15 is 0 Å². The summed E-state index contributed by atoms with van der Waals surface area (Å²) in [5.41, 5.74) is 2.35. The molecule has 0 bridgehead atoms. The summed E-state index contributed by atoms with van der Waals surface area (Å²) in [5, 5.41) is 17.7. The molecule has 0 saturated carbocycles. The number of nitro benzene ring substituents is 1. The molecule has 0 unspecified atom stereocenters. The molecule has 42 heavy (non-hydrogen) atoms. The highest BCUT2D eigenvalue weighted by Crippen LogP contribution is 2.35. The van der Waals surface area contributed by atoms with Crippen LogP contribution in [0.3, 0.4) is 0 Å². The summed E-state index contributed by atoms with van der Waals surface area (Å²) in [7, 11) is 0. The smallest absolute Gasteiger partial charge is 0.313 e. The number of ether oxygens (including phenoxy) is 1. The molecule has 0 aliphatic heterocycles. The molecule has 4 aromatic carbocycles. The summed E-state index contributed by atoms with van der Waals surface area (Å²) in [6, 6.07) is 24.5. The number of nitrogens with zero attached hydrogens (tertiary/aromatic N) is 4. The number of furan rings is 1. The van der Waals surface area contributed by atoms with Gasteiger partial charge in [-0.05, 0) is 55.0 Å². The zero-order valence-electron chi connectivity index (χ0n) is 22.0. The van der Waals surface area contributed by atoms with Crippen molar-refractivity contribution in [1.29, 1.82) is 0 Å². The maximum absolute atomic E-state index is 13.7. The van der Waals surface area contributed by atoms with E-state index in [1.807, 2.05) is 43.3 Å². The largest absolute Gasteiger partial charge is 0.481 e. The van der Waals surface area contributed by atoms with Crippen molar-refractivity contribution in [3.05, 3.63) is 132 Å². The third-order valence-electron chi connectivity index (χ3n) is 6.49. The summed E-state index contributed by atoms with van der Waals surface area (Å²) in [6.45, 7) is 2.02. The Balaban J connectivity index is 1.50. The van der Waals surface area contributed by atoms with Gasteiger partial charge in [0.15, 0.2) is 5.76 Å². The van der Waals surface area contributed by atoms with E-state index in [1.165, 1.54) is 18.3 Å². The number of benzene rings is 4. The second kappa shape index (κ2) is 11.2. The van der Waals surface area contributed by atoms with Crippen molar-refractivity contribution >= 4 is 61.3 Å². The Bertz CT molecular complexity index is 2100. The molecular weight excluding hydrogens is 624 g/mol. The Morgan fingerprint density at radius 2 is 1.93 bits per heavy atom. The number of halogens is 2. The van der Waals surface area contributed by atoms with Gasteiger partial charge in [0, 0.05) is 26.5 Å². The number of aryl methyl sites for hydroxylation is 1. The maximum Gasteiger partial charge on any atom is 0.313 e. The van der Waals surface area contributed by atoms with Gasteiger partial charge in [0.25, 0.3) is 5.56 Å². The van der Waals surface area contributed by atoms with Crippen LogP contribution in [-0.4, -0.2) is 20.8 Å². The van der Waals surface area contributed by atoms with E-state index in [-0.39, 0.29) is 34.5 Å². The van der Waals surface area contributed by atoms with Gasteiger partial charge in [0.2, 0.25) is 11.6 Å².